The maximum absolute atomic E-state index is 11.4. The van der Waals surface area contributed by atoms with E-state index in [1.54, 1.807) is 6.07 Å². The molecule has 86 valence electrons. The first-order chi connectivity index (χ1) is 7.70. The summed E-state index contributed by atoms with van der Waals surface area (Å²) in [5.74, 6) is -0.360. The number of anilines is 1. The number of hydrogen-bond acceptors (Lipinski definition) is 3. The van der Waals surface area contributed by atoms with Crippen molar-refractivity contribution in [2.75, 3.05) is 24.5 Å². The first-order valence-corrected chi connectivity index (χ1v) is 5.56. The molecule has 1 amide bonds. The maximum Gasteiger partial charge on any atom is 0.250 e. The molecule has 1 fully saturated rings. The molecule has 4 nitrogen and oxygen atoms in total. The van der Waals surface area contributed by atoms with Crippen molar-refractivity contribution in [1.82, 2.24) is 5.32 Å². The van der Waals surface area contributed by atoms with E-state index in [1.807, 2.05) is 18.2 Å². The molecule has 0 aromatic heterocycles. The zero-order valence-corrected chi connectivity index (χ0v) is 9.44. The summed E-state index contributed by atoms with van der Waals surface area (Å²) in [7, 11) is 0. The monoisotopic (exact) mass is 219 g/mol. The van der Waals surface area contributed by atoms with Gasteiger partial charge < -0.3 is 16.0 Å². The van der Waals surface area contributed by atoms with Crippen LogP contribution in [0.3, 0.4) is 0 Å². The number of hydrogen-bond donors (Lipinski definition) is 2. The molecular weight excluding hydrogens is 202 g/mol. The molecule has 1 atom stereocenters. The highest BCUT2D eigenvalue weighted by atomic mass is 16.1. The standard InChI is InChI=1S/C12H17N3O/c1-9-8-14-6-7-15(9)11-5-3-2-4-10(11)12(13)16/h2-5,9,14H,6-8H2,1H3,(H2,13,16)/t9-/m1/s1. The summed E-state index contributed by atoms with van der Waals surface area (Å²) >= 11 is 0. The second-order valence-electron chi connectivity index (χ2n) is 4.13. The van der Waals surface area contributed by atoms with Gasteiger partial charge in [-0.05, 0) is 19.1 Å². The SMILES string of the molecule is C[C@@H]1CNCCN1c1ccccc1C(N)=O. The van der Waals surface area contributed by atoms with Gasteiger partial charge in [0.1, 0.15) is 0 Å². The summed E-state index contributed by atoms with van der Waals surface area (Å²) in [6, 6.07) is 7.91. The Labute approximate surface area is 95.4 Å². The van der Waals surface area contributed by atoms with E-state index in [2.05, 4.69) is 17.1 Å². The number of para-hydroxylation sites is 1. The molecule has 1 aromatic rings. The Bertz CT molecular complexity index is 392. The number of nitrogens with zero attached hydrogens (tertiary/aromatic N) is 1. The molecule has 1 aromatic carbocycles. The van der Waals surface area contributed by atoms with Crippen LogP contribution in [0, 0.1) is 0 Å². The van der Waals surface area contributed by atoms with E-state index in [0.717, 1.165) is 25.3 Å². The zero-order chi connectivity index (χ0) is 11.5. The molecule has 4 heteroatoms. The molecular formula is C12H17N3O. The van der Waals surface area contributed by atoms with Crippen LogP contribution in [0.1, 0.15) is 17.3 Å². The van der Waals surface area contributed by atoms with Crippen molar-refractivity contribution in [3.05, 3.63) is 29.8 Å². The highest BCUT2D eigenvalue weighted by Gasteiger charge is 2.21. The zero-order valence-electron chi connectivity index (χ0n) is 9.44. The van der Waals surface area contributed by atoms with Crippen LogP contribution < -0.4 is 16.0 Å². The van der Waals surface area contributed by atoms with Gasteiger partial charge in [-0.1, -0.05) is 12.1 Å². The Morgan fingerprint density at radius 1 is 1.50 bits per heavy atom. The molecule has 0 bridgehead atoms. The van der Waals surface area contributed by atoms with Gasteiger partial charge in [0, 0.05) is 31.4 Å². The van der Waals surface area contributed by atoms with Gasteiger partial charge in [-0.2, -0.15) is 0 Å². The van der Waals surface area contributed by atoms with E-state index in [4.69, 9.17) is 5.73 Å². The molecule has 0 radical (unpaired) electrons. The van der Waals surface area contributed by atoms with Crippen LogP contribution in [0.25, 0.3) is 0 Å². The maximum atomic E-state index is 11.4. The van der Waals surface area contributed by atoms with Crippen LogP contribution in [0.15, 0.2) is 24.3 Å². The Morgan fingerprint density at radius 2 is 2.25 bits per heavy atom. The van der Waals surface area contributed by atoms with Gasteiger partial charge in [-0.15, -0.1) is 0 Å². The van der Waals surface area contributed by atoms with E-state index >= 15 is 0 Å². The number of primary amides is 1. The summed E-state index contributed by atoms with van der Waals surface area (Å²) in [6.45, 7) is 4.93. The first-order valence-electron chi connectivity index (χ1n) is 5.56. The lowest BCUT2D eigenvalue weighted by Gasteiger charge is -2.36. The number of amides is 1. The third kappa shape index (κ3) is 2.02. The third-order valence-electron chi connectivity index (χ3n) is 2.98. The topological polar surface area (TPSA) is 58.4 Å². The van der Waals surface area contributed by atoms with Crippen molar-refractivity contribution in [2.45, 2.75) is 13.0 Å². The third-order valence-corrected chi connectivity index (χ3v) is 2.98. The molecule has 2 rings (SSSR count). The second kappa shape index (κ2) is 4.53. The summed E-state index contributed by atoms with van der Waals surface area (Å²) in [6.07, 6.45) is 0. The van der Waals surface area contributed by atoms with Crippen molar-refractivity contribution in [3.8, 4) is 0 Å². The fourth-order valence-corrected chi connectivity index (χ4v) is 2.13. The molecule has 0 spiro atoms. The average Bonchev–Trinajstić information content (AvgIpc) is 2.29. The van der Waals surface area contributed by atoms with Gasteiger partial charge in [0.25, 0.3) is 5.91 Å². The Hall–Kier alpha value is -1.55. The van der Waals surface area contributed by atoms with Crippen molar-refractivity contribution >= 4 is 11.6 Å². The minimum absolute atomic E-state index is 0.360. The van der Waals surface area contributed by atoms with Crippen molar-refractivity contribution in [2.24, 2.45) is 5.73 Å². The van der Waals surface area contributed by atoms with Crippen LogP contribution in [0.5, 0.6) is 0 Å². The number of carbonyl (C=O) groups excluding carboxylic acids is 1. The number of carbonyl (C=O) groups is 1. The minimum Gasteiger partial charge on any atom is -0.366 e. The van der Waals surface area contributed by atoms with Gasteiger partial charge in [0.15, 0.2) is 0 Å². The number of nitrogens with one attached hydrogen (secondary N) is 1. The fourth-order valence-electron chi connectivity index (χ4n) is 2.13. The van der Waals surface area contributed by atoms with Crippen molar-refractivity contribution in [3.63, 3.8) is 0 Å². The minimum atomic E-state index is -0.360. The van der Waals surface area contributed by atoms with E-state index in [-0.39, 0.29) is 5.91 Å². The summed E-state index contributed by atoms with van der Waals surface area (Å²) in [5, 5.41) is 3.33. The van der Waals surface area contributed by atoms with Crippen molar-refractivity contribution < 1.29 is 4.79 Å². The summed E-state index contributed by atoms with van der Waals surface area (Å²) in [5.41, 5.74) is 6.94. The smallest absolute Gasteiger partial charge is 0.250 e. The van der Waals surface area contributed by atoms with Crippen LogP contribution in [0.4, 0.5) is 5.69 Å². The highest BCUT2D eigenvalue weighted by Crippen LogP contribution is 2.22. The van der Waals surface area contributed by atoms with Crippen molar-refractivity contribution in [1.29, 1.82) is 0 Å². The average molecular weight is 219 g/mol. The first kappa shape index (κ1) is 11.0. The Morgan fingerprint density at radius 3 is 2.94 bits per heavy atom. The Kier molecular flexibility index (Phi) is 3.10. The molecule has 1 aliphatic heterocycles. The largest absolute Gasteiger partial charge is 0.366 e. The highest BCUT2D eigenvalue weighted by molar-refractivity contribution is 5.98. The molecule has 1 heterocycles. The molecule has 1 aliphatic rings. The summed E-state index contributed by atoms with van der Waals surface area (Å²) < 4.78 is 0. The predicted octanol–water partition coefficient (Wildman–Crippen LogP) is 0.584. The van der Waals surface area contributed by atoms with Gasteiger partial charge in [-0.25, -0.2) is 0 Å². The number of piperazine rings is 1. The summed E-state index contributed by atoms with van der Waals surface area (Å²) in [4.78, 5) is 13.6. The predicted molar refractivity (Wildman–Crippen MR) is 64.6 cm³/mol. The molecule has 16 heavy (non-hydrogen) atoms. The molecule has 3 N–H and O–H groups in total. The fraction of sp³-hybridized carbons (Fsp3) is 0.417. The van der Waals surface area contributed by atoms with Gasteiger partial charge in [-0.3, -0.25) is 4.79 Å². The number of nitrogens with two attached hydrogens (primary N) is 1. The Balaban J connectivity index is 2.34. The lowest BCUT2D eigenvalue weighted by Crippen LogP contribution is -2.50. The normalized spacial score (nSPS) is 20.8. The van der Waals surface area contributed by atoms with Gasteiger partial charge in [0.05, 0.1) is 5.56 Å². The van der Waals surface area contributed by atoms with Crippen LogP contribution >= 0.6 is 0 Å². The molecule has 0 saturated carbocycles. The second-order valence-corrected chi connectivity index (χ2v) is 4.13. The van der Waals surface area contributed by atoms with E-state index < -0.39 is 0 Å². The van der Waals surface area contributed by atoms with Crippen LogP contribution in [-0.2, 0) is 0 Å². The van der Waals surface area contributed by atoms with Gasteiger partial charge in [0.2, 0.25) is 0 Å². The molecule has 0 unspecified atom stereocenters. The van der Waals surface area contributed by atoms with E-state index in [9.17, 15) is 4.79 Å². The molecule has 0 aliphatic carbocycles. The van der Waals surface area contributed by atoms with E-state index in [1.165, 1.54) is 0 Å². The number of rotatable bonds is 2. The lowest BCUT2D eigenvalue weighted by molar-refractivity contribution is 0.100. The lowest BCUT2D eigenvalue weighted by atomic mass is 10.1. The van der Waals surface area contributed by atoms with Gasteiger partial charge >= 0.3 is 0 Å². The quantitative estimate of drug-likeness (QED) is 0.765. The van der Waals surface area contributed by atoms with E-state index in [0.29, 0.717) is 11.6 Å². The van der Waals surface area contributed by atoms with Crippen LogP contribution in [0.2, 0.25) is 0 Å². The molecule has 1 saturated heterocycles. The number of benzene rings is 1. The van der Waals surface area contributed by atoms with Crippen LogP contribution in [-0.4, -0.2) is 31.6 Å².